The monoisotopic (exact) mass is 359 g/mol. The molecule has 0 unspecified atom stereocenters. The lowest BCUT2D eigenvalue weighted by molar-refractivity contribution is -0.137. The molecular weight excluding hydrogens is 345 g/mol. The Labute approximate surface area is 150 Å². The first-order valence-electron chi connectivity index (χ1n) is 7.47. The number of aryl methyl sites for hydroxylation is 2. The van der Waals surface area contributed by atoms with Crippen LogP contribution in [0.5, 0.6) is 0 Å². The number of carbonyl (C=O) groups excluding carboxylic acids is 2. The molecular formula is C19H15Cl2NO2. The molecule has 0 saturated carbocycles. The Balaban J connectivity index is 1.96. The van der Waals surface area contributed by atoms with Gasteiger partial charge in [0.15, 0.2) is 0 Å². The smallest absolute Gasteiger partial charge is 0.269 e. The van der Waals surface area contributed by atoms with Crippen molar-refractivity contribution in [3.8, 4) is 0 Å². The summed E-state index contributed by atoms with van der Waals surface area (Å²) in [6.07, 6.45) is 0. The minimum atomic E-state index is -0.491. The summed E-state index contributed by atoms with van der Waals surface area (Å²) in [5, 5.41) is 0.462. The van der Waals surface area contributed by atoms with Crippen LogP contribution in [-0.2, 0) is 16.1 Å². The van der Waals surface area contributed by atoms with Crippen LogP contribution in [-0.4, -0.2) is 16.7 Å². The molecule has 1 aliphatic rings. The van der Waals surface area contributed by atoms with E-state index in [9.17, 15) is 9.59 Å². The van der Waals surface area contributed by atoms with Crippen molar-refractivity contribution in [1.82, 2.24) is 4.90 Å². The Morgan fingerprint density at radius 3 is 2.29 bits per heavy atom. The van der Waals surface area contributed by atoms with E-state index < -0.39 is 11.8 Å². The molecule has 0 aliphatic carbocycles. The summed E-state index contributed by atoms with van der Waals surface area (Å²) in [7, 11) is 0. The summed E-state index contributed by atoms with van der Waals surface area (Å²) in [4.78, 5) is 26.3. The Morgan fingerprint density at radius 2 is 1.62 bits per heavy atom. The first kappa shape index (κ1) is 16.7. The molecule has 5 heteroatoms. The first-order chi connectivity index (χ1) is 11.4. The van der Waals surface area contributed by atoms with Gasteiger partial charge < -0.3 is 0 Å². The van der Waals surface area contributed by atoms with E-state index in [4.69, 9.17) is 23.2 Å². The van der Waals surface area contributed by atoms with E-state index in [0.29, 0.717) is 16.1 Å². The highest BCUT2D eigenvalue weighted by Crippen LogP contribution is 2.34. The summed E-state index contributed by atoms with van der Waals surface area (Å²) in [6, 6.07) is 12.7. The average Bonchev–Trinajstić information content (AvgIpc) is 2.76. The molecule has 24 heavy (non-hydrogen) atoms. The Morgan fingerprint density at radius 1 is 0.917 bits per heavy atom. The number of nitrogens with zero attached hydrogens (tertiary/aromatic N) is 1. The Bertz CT molecular complexity index is 887. The topological polar surface area (TPSA) is 37.4 Å². The van der Waals surface area contributed by atoms with Crippen molar-refractivity contribution in [3.05, 3.63) is 74.8 Å². The lowest BCUT2D eigenvalue weighted by atomic mass is 10.0. The molecule has 0 saturated heterocycles. The number of amides is 2. The number of rotatable bonds is 3. The fourth-order valence-corrected chi connectivity index (χ4v) is 3.12. The van der Waals surface area contributed by atoms with E-state index in [1.165, 1.54) is 0 Å². The van der Waals surface area contributed by atoms with Crippen LogP contribution in [0.15, 0.2) is 47.5 Å². The van der Waals surface area contributed by atoms with Gasteiger partial charge in [-0.15, -0.1) is 0 Å². The molecule has 0 N–H and O–H groups in total. The van der Waals surface area contributed by atoms with Gasteiger partial charge in [-0.2, -0.15) is 0 Å². The first-order valence-corrected chi connectivity index (χ1v) is 8.22. The molecule has 0 atom stereocenters. The summed E-state index contributed by atoms with van der Waals surface area (Å²) >= 11 is 12.3. The predicted octanol–water partition coefficient (Wildman–Crippen LogP) is 4.48. The van der Waals surface area contributed by atoms with E-state index in [2.05, 4.69) is 0 Å². The second-order valence-electron chi connectivity index (χ2n) is 5.78. The van der Waals surface area contributed by atoms with Gasteiger partial charge in [-0.3, -0.25) is 14.5 Å². The zero-order valence-electron chi connectivity index (χ0n) is 13.3. The molecule has 122 valence electrons. The molecule has 0 radical (unpaired) electrons. The van der Waals surface area contributed by atoms with Crippen molar-refractivity contribution in [1.29, 1.82) is 0 Å². The zero-order chi connectivity index (χ0) is 17.4. The van der Waals surface area contributed by atoms with E-state index in [-0.39, 0.29) is 17.2 Å². The minimum absolute atomic E-state index is 0.0460. The molecule has 3 nitrogen and oxygen atoms in total. The fraction of sp³-hybridized carbons (Fsp3) is 0.158. The standard InChI is InChI=1S/C19H15Cl2NO2/c1-11-7-8-13(9-12(11)2)16-17(21)19(24)22(18(16)23)10-14-5-3-4-6-15(14)20/h3-9H,10H2,1-2H3. The Kier molecular flexibility index (Phi) is 4.48. The van der Waals surface area contributed by atoms with Gasteiger partial charge in [0, 0.05) is 5.02 Å². The largest absolute Gasteiger partial charge is 0.273 e. The predicted molar refractivity (Wildman–Crippen MR) is 95.7 cm³/mol. The molecule has 2 amide bonds. The average molecular weight is 360 g/mol. The molecule has 2 aromatic carbocycles. The van der Waals surface area contributed by atoms with Crippen molar-refractivity contribution < 1.29 is 9.59 Å². The minimum Gasteiger partial charge on any atom is -0.269 e. The highest BCUT2D eigenvalue weighted by Gasteiger charge is 2.38. The third-order valence-electron chi connectivity index (χ3n) is 4.19. The second kappa shape index (κ2) is 6.42. The van der Waals surface area contributed by atoms with Crippen LogP contribution in [0.4, 0.5) is 0 Å². The molecule has 0 aromatic heterocycles. The summed E-state index contributed by atoms with van der Waals surface area (Å²) in [5.74, 6) is -0.886. The second-order valence-corrected chi connectivity index (χ2v) is 6.56. The van der Waals surface area contributed by atoms with Crippen LogP contribution in [0, 0.1) is 13.8 Å². The van der Waals surface area contributed by atoms with Gasteiger partial charge in [-0.05, 0) is 42.2 Å². The van der Waals surface area contributed by atoms with Crippen LogP contribution in [0.2, 0.25) is 5.02 Å². The van der Waals surface area contributed by atoms with Gasteiger partial charge in [0.05, 0.1) is 12.1 Å². The maximum absolute atomic E-state index is 12.8. The molecule has 0 bridgehead atoms. The van der Waals surface area contributed by atoms with Crippen LogP contribution < -0.4 is 0 Å². The quantitative estimate of drug-likeness (QED) is 0.757. The number of imide groups is 1. The van der Waals surface area contributed by atoms with Crippen LogP contribution in [0.1, 0.15) is 22.3 Å². The molecule has 3 rings (SSSR count). The van der Waals surface area contributed by atoms with E-state index in [0.717, 1.165) is 16.0 Å². The SMILES string of the molecule is Cc1ccc(C2=C(Cl)C(=O)N(Cc3ccccc3Cl)C2=O)cc1C. The van der Waals surface area contributed by atoms with Gasteiger partial charge in [-0.25, -0.2) is 0 Å². The number of carbonyl (C=O) groups is 2. The van der Waals surface area contributed by atoms with E-state index in [1.807, 2.05) is 38.1 Å². The van der Waals surface area contributed by atoms with Crippen LogP contribution in [0.25, 0.3) is 5.57 Å². The molecule has 0 spiro atoms. The maximum Gasteiger partial charge on any atom is 0.273 e. The number of benzene rings is 2. The van der Waals surface area contributed by atoms with Gasteiger partial charge in [0.1, 0.15) is 5.03 Å². The molecule has 1 aliphatic heterocycles. The number of hydrogen-bond donors (Lipinski definition) is 0. The molecule has 1 heterocycles. The van der Waals surface area contributed by atoms with Crippen LogP contribution >= 0.6 is 23.2 Å². The summed E-state index contributed by atoms with van der Waals surface area (Å²) in [5.41, 5.74) is 3.75. The Hall–Kier alpha value is -2.10. The van der Waals surface area contributed by atoms with E-state index >= 15 is 0 Å². The summed E-state index contributed by atoms with van der Waals surface area (Å²) in [6.45, 7) is 4.04. The molecule has 0 fully saturated rings. The van der Waals surface area contributed by atoms with Gasteiger partial charge in [0.25, 0.3) is 11.8 Å². The summed E-state index contributed by atoms with van der Waals surface area (Å²) < 4.78 is 0. The number of hydrogen-bond acceptors (Lipinski definition) is 2. The lowest BCUT2D eigenvalue weighted by Gasteiger charge is -2.16. The van der Waals surface area contributed by atoms with Gasteiger partial charge in [-0.1, -0.05) is 59.6 Å². The maximum atomic E-state index is 12.8. The van der Waals surface area contributed by atoms with Crippen molar-refractivity contribution in [2.24, 2.45) is 0 Å². The van der Waals surface area contributed by atoms with Crippen molar-refractivity contribution in [2.45, 2.75) is 20.4 Å². The third kappa shape index (κ3) is 2.85. The fourth-order valence-electron chi connectivity index (χ4n) is 2.63. The van der Waals surface area contributed by atoms with Crippen molar-refractivity contribution >= 4 is 40.6 Å². The van der Waals surface area contributed by atoms with Gasteiger partial charge in [0.2, 0.25) is 0 Å². The highest BCUT2D eigenvalue weighted by molar-refractivity contribution is 6.55. The normalized spacial score (nSPS) is 14.8. The lowest BCUT2D eigenvalue weighted by Crippen LogP contribution is -2.30. The van der Waals surface area contributed by atoms with Crippen molar-refractivity contribution in [2.75, 3.05) is 0 Å². The highest BCUT2D eigenvalue weighted by atomic mass is 35.5. The number of halogens is 2. The van der Waals surface area contributed by atoms with Crippen molar-refractivity contribution in [3.63, 3.8) is 0 Å². The molecule has 2 aromatic rings. The van der Waals surface area contributed by atoms with Crippen LogP contribution in [0.3, 0.4) is 0 Å². The third-order valence-corrected chi connectivity index (χ3v) is 4.91. The zero-order valence-corrected chi connectivity index (χ0v) is 14.8. The van der Waals surface area contributed by atoms with Gasteiger partial charge >= 0.3 is 0 Å². The van der Waals surface area contributed by atoms with E-state index in [1.54, 1.807) is 18.2 Å².